The van der Waals surface area contributed by atoms with E-state index in [0.29, 0.717) is 34.3 Å². The van der Waals surface area contributed by atoms with Gasteiger partial charge in [-0.3, -0.25) is 13.9 Å². The third kappa shape index (κ3) is 8.27. The fourth-order valence-electron chi connectivity index (χ4n) is 4.51. The van der Waals surface area contributed by atoms with Gasteiger partial charge in [0.05, 0.1) is 10.6 Å². The molecule has 2 amide bonds. The molecule has 0 heterocycles. The van der Waals surface area contributed by atoms with Gasteiger partial charge in [-0.1, -0.05) is 86.8 Å². The van der Waals surface area contributed by atoms with Crippen LogP contribution in [0.1, 0.15) is 63.1 Å². The lowest BCUT2D eigenvalue weighted by Gasteiger charge is -2.33. The number of aryl methyl sites for hydroxylation is 1. The number of rotatable bonds is 13. The minimum Gasteiger partial charge on any atom is -0.354 e. The number of nitrogens with one attached hydrogen (secondary N) is 1. The van der Waals surface area contributed by atoms with E-state index in [-0.39, 0.29) is 23.3 Å². The van der Waals surface area contributed by atoms with Crippen LogP contribution in [-0.2, 0) is 26.2 Å². The molecule has 42 heavy (non-hydrogen) atoms. The van der Waals surface area contributed by atoms with Crippen molar-refractivity contribution in [3.8, 4) is 0 Å². The van der Waals surface area contributed by atoms with Gasteiger partial charge in [-0.2, -0.15) is 0 Å². The van der Waals surface area contributed by atoms with Crippen LogP contribution in [0.4, 0.5) is 5.69 Å². The molecule has 0 fully saturated rings. The molecule has 0 aliphatic rings. The van der Waals surface area contributed by atoms with Crippen LogP contribution in [0.2, 0.25) is 10.0 Å². The summed E-state index contributed by atoms with van der Waals surface area (Å²) in [7, 11) is -4.14. The molecule has 10 heteroatoms. The number of nitrogens with zero attached hydrogens (tertiary/aromatic N) is 2. The van der Waals surface area contributed by atoms with E-state index in [1.165, 1.54) is 17.0 Å². The highest BCUT2D eigenvalue weighted by atomic mass is 35.5. The molecule has 3 aromatic carbocycles. The first kappa shape index (κ1) is 33.4. The molecule has 0 aliphatic carbocycles. The average molecular weight is 633 g/mol. The zero-order valence-corrected chi connectivity index (χ0v) is 27.1. The smallest absolute Gasteiger partial charge is 0.264 e. The van der Waals surface area contributed by atoms with Gasteiger partial charge in [0.2, 0.25) is 11.8 Å². The Balaban J connectivity index is 2.09. The first-order chi connectivity index (χ1) is 19.9. The van der Waals surface area contributed by atoms with E-state index >= 15 is 0 Å². The number of anilines is 1. The van der Waals surface area contributed by atoms with Gasteiger partial charge in [0.1, 0.15) is 12.6 Å². The first-order valence-corrected chi connectivity index (χ1v) is 16.3. The number of benzene rings is 3. The number of halogens is 2. The SMILES string of the molecule is CCCNC(=O)[C@@H](CC)N(Cc1ccc(Cl)cc1Cl)C(=O)CN(c1ccc(C(C)C)cc1)S(=O)(=O)c1ccc(C)cc1. The van der Waals surface area contributed by atoms with Crippen LogP contribution in [0.3, 0.4) is 0 Å². The number of carbonyl (C=O) groups is 2. The molecule has 1 N–H and O–H groups in total. The maximum Gasteiger partial charge on any atom is 0.264 e. The Labute approximate surface area is 259 Å². The van der Waals surface area contributed by atoms with Crippen LogP contribution in [0.15, 0.2) is 71.6 Å². The summed E-state index contributed by atoms with van der Waals surface area (Å²) in [6.07, 6.45) is 1.05. The quantitative estimate of drug-likeness (QED) is 0.221. The molecule has 0 radical (unpaired) electrons. The van der Waals surface area contributed by atoms with Gasteiger partial charge in [-0.15, -0.1) is 0 Å². The number of carbonyl (C=O) groups excluding carboxylic acids is 2. The fourth-order valence-corrected chi connectivity index (χ4v) is 6.39. The summed E-state index contributed by atoms with van der Waals surface area (Å²) < 4.78 is 29.2. The molecule has 0 bridgehead atoms. The number of amides is 2. The molecule has 0 unspecified atom stereocenters. The molecule has 3 rings (SSSR count). The van der Waals surface area contributed by atoms with Crippen LogP contribution in [-0.4, -0.2) is 44.3 Å². The van der Waals surface area contributed by atoms with Crippen molar-refractivity contribution in [1.29, 1.82) is 0 Å². The fraction of sp³-hybridized carbons (Fsp3) is 0.375. The zero-order valence-electron chi connectivity index (χ0n) is 24.7. The summed E-state index contributed by atoms with van der Waals surface area (Å²) in [6.45, 7) is 9.66. The van der Waals surface area contributed by atoms with Crippen LogP contribution < -0.4 is 9.62 Å². The van der Waals surface area contributed by atoms with Crippen molar-refractivity contribution < 1.29 is 18.0 Å². The van der Waals surface area contributed by atoms with Gasteiger partial charge < -0.3 is 10.2 Å². The molecule has 0 aliphatic heterocycles. The van der Waals surface area contributed by atoms with E-state index in [9.17, 15) is 18.0 Å². The van der Waals surface area contributed by atoms with Crippen molar-refractivity contribution in [3.05, 3.63) is 93.5 Å². The van der Waals surface area contributed by atoms with Crippen molar-refractivity contribution in [2.24, 2.45) is 0 Å². The van der Waals surface area contributed by atoms with E-state index in [1.807, 2.05) is 46.8 Å². The summed E-state index contributed by atoms with van der Waals surface area (Å²) in [4.78, 5) is 28.9. The molecule has 0 saturated carbocycles. The maximum atomic E-state index is 14.2. The summed E-state index contributed by atoms with van der Waals surface area (Å²) in [5.74, 6) is -0.607. The molecule has 0 spiro atoms. The van der Waals surface area contributed by atoms with Gasteiger partial charge in [0.25, 0.3) is 10.0 Å². The third-order valence-electron chi connectivity index (χ3n) is 7.03. The highest BCUT2D eigenvalue weighted by Crippen LogP contribution is 2.28. The highest BCUT2D eigenvalue weighted by Gasteiger charge is 2.34. The third-order valence-corrected chi connectivity index (χ3v) is 9.40. The van der Waals surface area contributed by atoms with Crippen molar-refractivity contribution in [1.82, 2.24) is 10.2 Å². The predicted octanol–water partition coefficient (Wildman–Crippen LogP) is 6.95. The summed E-state index contributed by atoms with van der Waals surface area (Å²) in [5.41, 5.74) is 2.88. The first-order valence-electron chi connectivity index (χ1n) is 14.1. The lowest BCUT2D eigenvalue weighted by atomic mass is 10.0. The summed E-state index contributed by atoms with van der Waals surface area (Å²) in [5, 5.41) is 3.66. The van der Waals surface area contributed by atoms with E-state index in [4.69, 9.17) is 23.2 Å². The van der Waals surface area contributed by atoms with Gasteiger partial charge in [-0.05, 0) is 73.2 Å². The second-order valence-electron chi connectivity index (χ2n) is 10.5. The summed E-state index contributed by atoms with van der Waals surface area (Å²) in [6, 6.07) is 17.7. The Kier molecular flexibility index (Phi) is 11.9. The Morgan fingerprint density at radius 3 is 2.12 bits per heavy atom. The molecule has 1 atom stereocenters. The van der Waals surface area contributed by atoms with Crippen LogP contribution in [0, 0.1) is 6.92 Å². The lowest BCUT2D eigenvalue weighted by molar-refractivity contribution is -0.140. The number of hydrogen-bond acceptors (Lipinski definition) is 4. The van der Waals surface area contributed by atoms with E-state index in [2.05, 4.69) is 5.32 Å². The Morgan fingerprint density at radius 2 is 1.57 bits per heavy atom. The highest BCUT2D eigenvalue weighted by molar-refractivity contribution is 7.92. The summed E-state index contributed by atoms with van der Waals surface area (Å²) >= 11 is 12.6. The molecule has 226 valence electrons. The molecule has 0 aromatic heterocycles. The largest absolute Gasteiger partial charge is 0.354 e. The van der Waals surface area contributed by atoms with Crippen molar-refractivity contribution in [3.63, 3.8) is 0 Å². The molecule has 7 nitrogen and oxygen atoms in total. The number of sulfonamides is 1. The Hall–Kier alpha value is -3.07. The van der Waals surface area contributed by atoms with Crippen LogP contribution in [0.25, 0.3) is 0 Å². The second-order valence-corrected chi connectivity index (χ2v) is 13.2. The average Bonchev–Trinajstić information content (AvgIpc) is 2.95. The predicted molar refractivity (Wildman–Crippen MR) is 171 cm³/mol. The van der Waals surface area contributed by atoms with Crippen LogP contribution >= 0.6 is 23.2 Å². The molecular formula is C32H39Cl2N3O4S. The van der Waals surface area contributed by atoms with Crippen molar-refractivity contribution in [2.45, 2.75) is 70.9 Å². The van der Waals surface area contributed by atoms with Crippen molar-refractivity contribution >= 4 is 50.7 Å². The van der Waals surface area contributed by atoms with Gasteiger partial charge in [0, 0.05) is 23.1 Å². The second kappa shape index (κ2) is 14.9. The molecule has 3 aromatic rings. The number of hydrogen-bond donors (Lipinski definition) is 1. The van der Waals surface area contributed by atoms with Crippen LogP contribution in [0.5, 0.6) is 0 Å². The Bertz CT molecular complexity index is 1480. The minimum absolute atomic E-state index is 0.00239. The van der Waals surface area contributed by atoms with E-state index in [1.54, 1.807) is 42.5 Å². The van der Waals surface area contributed by atoms with Gasteiger partial charge in [-0.25, -0.2) is 8.42 Å². The maximum absolute atomic E-state index is 14.2. The minimum atomic E-state index is -4.14. The lowest BCUT2D eigenvalue weighted by Crippen LogP contribution is -2.52. The van der Waals surface area contributed by atoms with Gasteiger partial charge >= 0.3 is 0 Å². The van der Waals surface area contributed by atoms with Gasteiger partial charge in [0.15, 0.2) is 0 Å². The van der Waals surface area contributed by atoms with Crippen molar-refractivity contribution in [2.75, 3.05) is 17.4 Å². The standard InChI is InChI=1S/C32H39Cl2N3O4S/c1-6-18-35-32(39)30(7-2)36(20-25-10-13-26(33)19-29(25)34)31(38)21-37(27-14-11-24(12-15-27)22(3)4)42(40,41)28-16-8-23(5)9-17-28/h8-17,19,22,30H,6-7,18,20-21H2,1-5H3,(H,35,39)/t30-/m1/s1. The zero-order chi connectivity index (χ0) is 31.0. The molecule has 0 saturated heterocycles. The van der Waals surface area contributed by atoms with E-state index in [0.717, 1.165) is 21.9 Å². The van der Waals surface area contributed by atoms with E-state index < -0.39 is 28.5 Å². The Morgan fingerprint density at radius 1 is 0.929 bits per heavy atom. The topological polar surface area (TPSA) is 86.8 Å². The normalized spacial score (nSPS) is 12.2. The monoisotopic (exact) mass is 631 g/mol. The molecular weight excluding hydrogens is 593 g/mol.